The largest absolute Gasteiger partial charge is 0.295 e. The van der Waals surface area contributed by atoms with E-state index in [-0.39, 0.29) is 0 Å². The third-order valence-electron chi connectivity index (χ3n) is 5.19. The van der Waals surface area contributed by atoms with Gasteiger partial charge in [-0.3, -0.25) is 18.9 Å². The Morgan fingerprint density at radius 1 is 1.45 bits per heavy atom. The Balaban J connectivity index is 1.99. The minimum atomic E-state index is -3.32. The first kappa shape index (κ1) is 18.1. The number of hydrogen-bond acceptors (Lipinski definition) is 5. The minimum absolute atomic E-state index is 0.296. The highest BCUT2D eigenvalue weighted by Crippen LogP contribution is 2.29. The van der Waals surface area contributed by atoms with Gasteiger partial charge in [-0.25, -0.2) is 0 Å². The molecule has 0 radical (unpaired) electrons. The summed E-state index contributed by atoms with van der Waals surface area (Å²) < 4.78 is 28.2. The normalized spacial score (nSPS) is 31.7. The van der Waals surface area contributed by atoms with Crippen molar-refractivity contribution >= 4 is 10.1 Å². The molecule has 2 fully saturated rings. The SMILES string of the molecule is CCC(N1CCC[C@H]1C)[N+]1(CCCOS(C)(=O)=O)CCNC1. The molecular weight excluding hydrogens is 302 g/mol. The van der Waals surface area contributed by atoms with Crippen LogP contribution in [0.5, 0.6) is 0 Å². The Hall–Kier alpha value is -0.210. The molecule has 0 aromatic carbocycles. The van der Waals surface area contributed by atoms with Crippen LogP contribution in [0.4, 0.5) is 0 Å². The molecule has 0 aliphatic carbocycles. The second kappa shape index (κ2) is 7.57. The number of rotatable bonds is 8. The minimum Gasteiger partial charge on any atom is -0.295 e. The molecule has 0 amide bonds. The Morgan fingerprint density at radius 2 is 2.23 bits per heavy atom. The molecule has 2 aliphatic rings. The highest BCUT2D eigenvalue weighted by atomic mass is 32.2. The maximum Gasteiger partial charge on any atom is 0.264 e. The number of nitrogens with zero attached hydrogens (tertiary/aromatic N) is 2. The van der Waals surface area contributed by atoms with E-state index in [1.54, 1.807) is 0 Å². The summed E-state index contributed by atoms with van der Waals surface area (Å²) in [6.07, 6.45) is 6.16. The van der Waals surface area contributed by atoms with Crippen LogP contribution in [0.3, 0.4) is 0 Å². The summed E-state index contributed by atoms with van der Waals surface area (Å²) in [7, 11) is -3.32. The van der Waals surface area contributed by atoms with Gasteiger partial charge >= 0.3 is 0 Å². The third kappa shape index (κ3) is 4.41. The quantitative estimate of drug-likeness (QED) is 0.407. The second-order valence-corrected chi connectivity index (χ2v) is 8.47. The molecule has 0 saturated carbocycles. The number of hydrogen-bond donors (Lipinski definition) is 1. The van der Waals surface area contributed by atoms with Gasteiger partial charge in [-0.15, -0.1) is 0 Å². The van der Waals surface area contributed by atoms with E-state index in [1.165, 1.54) is 19.4 Å². The number of nitrogens with one attached hydrogen (secondary N) is 1. The smallest absolute Gasteiger partial charge is 0.264 e. The van der Waals surface area contributed by atoms with E-state index in [4.69, 9.17) is 4.18 Å². The van der Waals surface area contributed by atoms with Crippen molar-refractivity contribution in [3.05, 3.63) is 0 Å². The Kier molecular flexibility index (Phi) is 6.24. The highest BCUT2D eigenvalue weighted by Gasteiger charge is 2.44. The lowest BCUT2D eigenvalue weighted by atomic mass is 10.1. The topological polar surface area (TPSA) is 58.6 Å². The van der Waals surface area contributed by atoms with Crippen molar-refractivity contribution in [2.75, 3.05) is 45.7 Å². The molecule has 2 rings (SSSR count). The van der Waals surface area contributed by atoms with Crippen molar-refractivity contribution in [1.29, 1.82) is 0 Å². The summed E-state index contributed by atoms with van der Waals surface area (Å²) in [5.41, 5.74) is 0. The molecular formula is C15H32N3O3S+. The van der Waals surface area contributed by atoms with Gasteiger partial charge in [0.1, 0.15) is 12.8 Å². The van der Waals surface area contributed by atoms with E-state index in [1.807, 2.05) is 0 Å². The molecule has 7 heteroatoms. The summed E-state index contributed by atoms with van der Waals surface area (Å²) in [4.78, 5) is 2.67. The van der Waals surface area contributed by atoms with Gasteiger partial charge in [0.25, 0.3) is 10.1 Å². The number of quaternary nitrogens is 1. The fourth-order valence-corrected chi connectivity index (χ4v) is 4.62. The molecule has 2 unspecified atom stereocenters. The van der Waals surface area contributed by atoms with Gasteiger partial charge in [-0.1, -0.05) is 6.92 Å². The summed E-state index contributed by atoms with van der Waals surface area (Å²) in [5.74, 6) is 0. The standard InChI is InChI=1S/C15H32N3O3S/c1-4-15(17-9-5-7-14(17)2)18(11-8-16-13-18)10-6-12-21-22(3,19)20/h14-16H,4-13H2,1-3H3/q+1/t14-,15?,18?/m1/s1. The van der Waals surface area contributed by atoms with Gasteiger partial charge in [-0.05, 0) is 19.8 Å². The van der Waals surface area contributed by atoms with E-state index < -0.39 is 10.1 Å². The van der Waals surface area contributed by atoms with Crippen LogP contribution < -0.4 is 5.32 Å². The fraction of sp³-hybridized carbons (Fsp3) is 1.00. The van der Waals surface area contributed by atoms with Gasteiger partial charge < -0.3 is 0 Å². The Labute approximate surface area is 135 Å². The maximum absolute atomic E-state index is 11.1. The van der Waals surface area contributed by atoms with Crippen molar-refractivity contribution in [3.63, 3.8) is 0 Å². The molecule has 0 bridgehead atoms. The van der Waals surface area contributed by atoms with E-state index in [0.29, 0.717) is 18.8 Å². The van der Waals surface area contributed by atoms with E-state index >= 15 is 0 Å². The fourth-order valence-electron chi connectivity index (χ4n) is 4.20. The molecule has 0 spiro atoms. The van der Waals surface area contributed by atoms with Gasteiger partial charge in [0.05, 0.1) is 26.0 Å². The zero-order valence-corrected chi connectivity index (χ0v) is 15.1. The van der Waals surface area contributed by atoms with Gasteiger partial charge in [-0.2, -0.15) is 8.42 Å². The Morgan fingerprint density at radius 3 is 2.73 bits per heavy atom. The van der Waals surface area contributed by atoms with Crippen molar-refractivity contribution in [2.24, 2.45) is 0 Å². The van der Waals surface area contributed by atoms with E-state index in [0.717, 1.165) is 49.9 Å². The van der Waals surface area contributed by atoms with Crippen LogP contribution in [0, 0.1) is 0 Å². The molecule has 2 saturated heterocycles. The zero-order chi connectivity index (χ0) is 16.2. The Bertz CT molecular complexity index is 449. The summed E-state index contributed by atoms with van der Waals surface area (Å²) in [6, 6.07) is 0.660. The average molecular weight is 335 g/mol. The molecule has 6 nitrogen and oxygen atoms in total. The van der Waals surface area contributed by atoms with Crippen LogP contribution in [0.15, 0.2) is 0 Å². The molecule has 0 aromatic rings. The zero-order valence-electron chi connectivity index (χ0n) is 14.3. The molecule has 3 atom stereocenters. The lowest BCUT2D eigenvalue weighted by Crippen LogP contribution is -2.62. The van der Waals surface area contributed by atoms with E-state index in [9.17, 15) is 8.42 Å². The third-order valence-corrected chi connectivity index (χ3v) is 5.79. The van der Waals surface area contributed by atoms with E-state index in [2.05, 4.69) is 24.1 Å². The highest BCUT2D eigenvalue weighted by molar-refractivity contribution is 7.85. The monoisotopic (exact) mass is 334 g/mol. The van der Waals surface area contributed by atoms with Crippen molar-refractivity contribution < 1.29 is 17.1 Å². The summed E-state index contributed by atoms with van der Waals surface area (Å²) in [5, 5.41) is 3.51. The van der Waals surface area contributed by atoms with Crippen LogP contribution in [0.1, 0.15) is 39.5 Å². The molecule has 2 heterocycles. The first-order valence-corrected chi connectivity index (χ1v) is 10.4. The first-order chi connectivity index (χ1) is 10.4. The van der Waals surface area contributed by atoms with Gasteiger partial charge in [0.2, 0.25) is 0 Å². The predicted octanol–water partition coefficient (Wildman–Crippen LogP) is 0.951. The van der Waals surface area contributed by atoms with Crippen LogP contribution in [-0.4, -0.2) is 75.7 Å². The van der Waals surface area contributed by atoms with Crippen LogP contribution >= 0.6 is 0 Å². The maximum atomic E-state index is 11.1. The van der Waals surface area contributed by atoms with Crippen molar-refractivity contribution in [2.45, 2.75) is 51.7 Å². The lowest BCUT2D eigenvalue weighted by Gasteiger charge is -2.46. The molecule has 2 aliphatic heterocycles. The lowest BCUT2D eigenvalue weighted by molar-refractivity contribution is -0.952. The first-order valence-electron chi connectivity index (χ1n) is 8.54. The van der Waals surface area contributed by atoms with Crippen LogP contribution in [0.25, 0.3) is 0 Å². The molecule has 1 N–H and O–H groups in total. The van der Waals surface area contributed by atoms with Gasteiger partial charge in [0, 0.05) is 32.0 Å². The summed E-state index contributed by atoms with van der Waals surface area (Å²) in [6.45, 7) is 10.2. The summed E-state index contributed by atoms with van der Waals surface area (Å²) >= 11 is 0. The van der Waals surface area contributed by atoms with Crippen molar-refractivity contribution in [3.8, 4) is 0 Å². The molecule has 130 valence electrons. The number of likely N-dealkylation sites (tertiary alicyclic amines) is 1. The van der Waals surface area contributed by atoms with Gasteiger partial charge in [0.15, 0.2) is 0 Å². The average Bonchev–Trinajstić information content (AvgIpc) is 3.06. The molecule has 22 heavy (non-hydrogen) atoms. The van der Waals surface area contributed by atoms with Crippen LogP contribution in [0.2, 0.25) is 0 Å². The second-order valence-electron chi connectivity index (χ2n) is 6.82. The van der Waals surface area contributed by atoms with Crippen molar-refractivity contribution in [1.82, 2.24) is 10.2 Å². The molecule has 0 aromatic heterocycles. The van der Waals surface area contributed by atoms with Crippen LogP contribution in [-0.2, 0) is 14.3 Å². The predicted molar refractivity (Wildman–Crippen MR) is 87.8 cm³/mol.